The van der Waals surface area contributed by atoms with Gasteiger partial charge < -0.3 is 28.7 Å². The Hall–Kier alpha value is -7.39. The number of para-hydroxylation sites is 8. The number of benzene rings is 9. The van der Waals surface area contributed by atoms with Crippen LogP contribution in [0.15, 0.2) is 202 Å². The van der Waals surface area contributed by atoms with Crippen LogP contribution in [-0.2, 0) is 0 Å². The summed E-state index contributed by atoms with van der Waals surface area (Å²) in [5, 5.41) is 0. The summed E-state index contributed by atoms with van der Waals surface area (Å²) in [7, 11) is 0. The minimum absolute atomic E-state index is 0.0345. The summed E-state index contributed by atoms with van der Waals surface area (Å²) < 4.78 is 27.2. The molecule has 6 aliphatic heterocycles. The van der Waals surface area contributed by atoms with Crippen molar-refractivity contribution in [2.24, 2.45) is 0 Å². The van der Waals surface area contributed by atoms with Gasteiger partial charge in [-0.15, -0.1) is 0 Å². The van der Waals surface area contributed by atoms with E-state index in [1.807, 2.05) is 72.1 Å². The molecular formula is C54H30B2N2O4S2. The number of hydrogen-bond acceptors (Lipinski definition) is 8. The summed E-state index contributed by atoms with van der Waals surface area (Å²) >= 11 is 3.64. The van der Waals surface area contributed by atoms with Crippen LogP contribution in [0, 0.1) is 0 Å². The highest BCUT2D eigenvalue weighted by molar-refractivity contribution is 8.00. The summed E-state index contributed by atoms with van der Waals surface area (Å²) in [6, 6.07) is 64.3. The molecule has 0 unspecified atom stereocenters. The Labute approximate surface area is 378 Å². The van der Waals surface area contributed by atoms with Crippen LogP contribution in [-0.4, -0.2) is 13.4 Å². The Morgan fingerprint density at radius 1 is 0.297 bits per heavy atom. The van der Waals surface area contributed by atoms with Gasteiger partial charge in [0, 0.05) is 37.8 Å². The first-order chi connectivity index (χ1) is 31.7. The maximum absolute atomic E-state index is 7.20. The highest BCUT2D eigenvalue weighted by Gasteiger charge is 2.45. The van der Waals surface area contributed by atoms with E-state index in [1.165, 1.54) is 41.4 Å². The van der Waals surface area contributed by atoms with Gasteiger partial charge in [-0.1, -0.05) is 125 Å². The van der Waals surface area contributed by atoms with E-state index < -0.39 is 0 Å². The molecule has 9 aromatic rings. The zero-order chi connectivity index (χ0) is 41.6. The van der Waals surface area contributed by atoms with Gasteiger partial charge in [0.15, 0.2) is 23.0 Å². The fraction of sp³-hybridized carbons (Fsp3) is 0. The van der Waals surface area contributed by atoms with Crippen molar-refractivity contribution in [2.45, 2.75) is 19.6 Å². The van der Waals surface area contributed by atoms with E-state index in [-0.39, 0.29) is 13.4 Å². The van der Waals surface area contributed by atoms with Gasteiger partial charge in [0.05, 0.1) is 34.1 Å². The molecule has 0 fully saturated rings. The lowest BCUT2D eigenvalue weighted by Crippen LogP contribution is -2.61. The van der Waals surface area contributed by atoms with Crippen LogP contribution in [0.2, 0.25) is 0 Å². The Morgan fingerprint density at radius 2 is 0.656 bits per heavy atom. The van der Waals surface area contributed by atoms with Gasteiger partial charge in [-0.2, -0.15) is 0 Å². The monoisotopic (exact) mass is 856 g/mol. The molecule has 64 heavy (non-hydrogen) atoms. The van der Waals surface area contributed by atoms with Crippen molar-refractivity contribution in [1.29, 1.82) is 0 Å². The molecule has 6 heterocycles. The molecule has 0 spiro atoms. The lowest BCUT2D eigenvalue weighted by molar-refractivity contribution is 0.464. The maximum atomic E-state index is 7.20. The summed E-state index contributed by atoms with van der Waals surface area (Å²) in [4.78, 5) is 9.46. The van der Waals surface area contributed by atoms with Crippen molar-refractivity contribution < 1.29 is 18.9 Å². The van der Waals surface area contributed by atoms with E-state index in [1.54, 1.807) is 0 Å². The average molecular weight is 857 g/mol. The van der Waals surface area contributed by atoms with Crippen molar-refractivity contribution in [1.82, 2.24) is 0 Å². The average Bonchev–Trinajstić information content (AvgIpc) is 3.33. The first-order valence-electron chi connectivity index (χ1n) is 21.5. The second kappa shape index (κ2) is 13.1. The van der Waals surface area contributed by atoms with Gasteiger partial charge in [-0.3, -0.25) is 0 Å². The minimum atomic E-state index is -0.0345. The van der Waals surface area contributed by atoms with Crippen LogP contribution >= 0.6 is 23.5 Å². The molecule has 0 N–H and O–H groups in total. The van der Waals surface area contributed by atoms with Crippen molar-refractivity contribution in [3.63, 3.8) is 0 Å². The molecule has 6 aliphatic rings. The molecule has 10 heteroatoms. The number of nitrogens with zero attached hydrogens (tertiary/aromatic N) is 2. The van der Waals surface area contributed by atoms with Gasteiger partial charge in [0.25, 0.3) is 13.4 Å². The lowest BCUT2D eigenvalue weighted by atomic mass is 9.32. The van der Waals surface area contributed by atoms with Crippen LogP contribution in [0.5, 0.6) is 46.0 Å². The third-order valence-electron chi connectivity index (χ3n) is 13.2. The molecule has 0 amide bonds. The molecule has 9 aromatic carbocycles. The Kier molecular flexibility index (Phi) is 7.18. The topological polar surface area (TPSA) is 43.4 Å². The lowest BCUT2D eigenvalue weighted by Gasteiger charge is -2.38. The SMILES string of the molecule is c1ccc2c(c1)Oc1ccccc1N2c1cc2c3c(c1)Sc1ccccc1B3c1cc3c(cc1O2)Oc1cc(N2c4ccccc4Oc4ccccc42)cc2c1B3c1ccccc1S2. The van der Waals surface area contributed by atoms with Crippen molar-refractivity contribution in [3.8, 4) is 46.0 Å². The van der Waals surface area contributed by atoms with E-state index in [9.17, 15) is 0 Å². The molecule has 15 rings (SSSR count). The summed E-state index contributed by atoms with van der Waals surface area (Å²) in [5.41, 5.74) is 13.2. The summed E-state index contributed by atoms with van der Waals surface area (Å²) in [6.07, 6.45) is 0. The van der Waals surface area contributed by atoms with Crippen LogP contribution in [0.1, 0.15) is 0 Å². The number of ether oxygens (including phenoxy) is 4. The molecule has 6 nitrogen and oxygen atoms in total. The smallest absolute Gasteiger partial charge is 0.253 e. The first kappa shape index (κ1) is 35.1. The third-order valence-corrected chi connectivity index (χ3v) is 15.5. The van der Waals surface area contributed by atoms with Gasteiger partial charge >= 0.3 is 0 Å². The van der Waals surface area contributed by atoms with Crippen molar-refractivity contribution in [3.05, 3.63) is 182 Å². The minimum Gasteiger partial charge on any atom is -0.458 e. The highest BCUT2D eigenvalue weighted by Crippen LogP contribution is 2.54. The van der Waals surface area contributed by atoms with E-state index in [2.05, 4.69) is 143 Å². The standard InChI is InChI=1S/C54H30B2N2O4S2/c1-11-23-49-33(13-1)55-35-29-36-46(30-45(35)61-47-25-31(27-51(63-49)53(47)55)57-37-15-3-7-19-41(37)59-42-20-8-4-16-38(42)57)62-48-26-32(28-52-54(48)56(36)34-14-2-12-24-50(34)64-52)58-39-17-5-9-21-43(39)60-44-22-10-6-18-40(44)58/h1-30H. The maximum Gasteiger partial charge on any atom is 0.253 e. The van der Waals surface area contributed by atoms with Gasteiger partial charge in [-0.25, -0.2) is 0 Å². The molecule has 0 atom stereocenters. The fourth-order valence-electron chi connectivity index (χ4n) is 10.6. The molecule has 0 saturated carbocycles. The number of rotatable bonds is 2. The molecule has 0 aliphatic carbocycles. The van der Waals surface area contributed by atoms with Gasteiger partial charge in [-0.05, 0) is 94.6 Å². The molecule has 0 aromatic heterocycles. The quantitative estimate of drug-likeness (QED) is 0.159. The second-order valence-corrected chi connectivity index (χ2v) is 18.9. The second-order valence-electron chi connectivity index (χ2n) is 16.7. The molecule has 0 saturated heterocycles. The van der Waals surface area contributed by atoms with Gasteiger partial charge in [0.2, 0.25) is 0 Å². The molecular weight excluding hydrogens is 826 g/mol. The Balaban J connectivity index is 0.919. The van der Waals surface area contributed by atoms with Crippen LogP contribution in [0.4, 0.5) is 34.1 Å². The van der Waals surface area contributed by atoms with Crippen LogP contribution in [0.3, 0.4) is 0 Å². The Bertz CT molecular complexity index is 3230. The summed E-state index contributed by atoms with van der Waals surface area (Å²) in [5.74, 6) is 6.56. The molecule has 298 valence electrons. The van der Waals surface area contributed by atoms with Crippen molar-refractivity contribution >= 4 is 104 Å². The van der Waals surface area contributed by atoms with E-state index in [0.29, 0.717) is 0 Å². The van der Waals surface area contributed by atoms with Crippen molar-refractivity contribution in [2.75, 3.05) is 9.80 Å². The number of hydrogen-bond donors (Lipinski definition) is 0. The van der Waals surface area contributed by atoms with E-state index in [0.717, 1.165) is 91.0 Å². The predicted octanol–water partition coefficient (Wildman–Crippen LogP) is 11.0. The number of anilines is 6. The zero-order valence-electron chi connectivity index (χ0n) is 33.8. The fourth-order valence-corrected chi connectivity index (χ4v) is 13.0. The van der Waals surface area contributed by atoms with Gasteiger partial charge in [0.1, 0.15) is 23.0 Å². The number of fused-ring (bicyclic) bond motifs is 12. The predicted molar refractivity (Wildman–Crippen MR) is 259 cm³/mol. The molecule has 0 bridgehead atoms. The highest BCUT2D eigenvalue weighted by atomic mass is 32.2. The third kappa shape index (κ3) is 4.92. The van der Waals surface area contributed by atoms with E-state index in [4.69, 9.17) is 18.9 Å². The summed E-state index contributed by atoms with van der Waals surface area (Å²) in [6.45, 7) is -0.0690. The van der Waals surface area contributed by atoms with E-state index >= 15 is 0 Å². The van der Waals surface area contributed by atoms with Crippen LogP contribution < -0.4 is 61.5 Å². The zero-order valence-corrected chi connectivity index (χ0v) is 35.5. The normalized spacial score (nSPS) is 14.5. The Morgan fingerprint density at radius 3 is 1.08 bits per heavy atom. The largest absolute Gasteiger partial charge is 0.458 e. The van der Waals surface area contributed by atoms with Crippen LogP contribution in [0.25, 0.3) is 0 Å². The molecule has 0 radical (unpaired) electrons. The first-order valence-corrected chi connectivity index (χ1v) is 23.1.